The average Bonchev–Trinajstić information content (AvgIpc) is 2.58. The molecule has 2 aromatic carbocycles. The van der Waals surface area contributed by atoms with E-state index in [1.165, 1.54) is 24.3 Å². The second-order valence-corrected chi connectivity index (χ2v) is 5.96. The minimum absolute atomic E-state index is 0. The molecule has 0 amide bonds. The molecule has 0 radical (unpaired) electrons. The first-order valence-corrected chi connectivity index (χ1v) is 7.72. The van der Waals surface area contributed by atoms with Crippen LogP contribution in [0.3, 0.4) is 0 Å². The summed E-state index contributed by atoms with van der Waals surface area (Å²) in [6.45, 7) is -2.02. The Morgan fingerprint density at radius 3 is 2.14 bits per heavy atom. The number of Topliss-reactive ketones (excluding diaryl/α,β-unsaturated/α-hetero) is 1. The summed E-state index contributed by atoms with van der Waals surface area (Å²) in [5.74, 6) is -7.68. The summed E-state index contributed by atoms with van der Waals surface area (Å²) in [6.07, 6.45) is -5.80. The van der Waals surface area contributed by atoms with Gasteiger partial charge >= 0.3 is 12.1 Å². The van der Waals surface area contributed by atoms with Gasteiger partial charge in [0.15, 0.2) is 12.4 Å². The minimum atomic E-state index is -5.80. The molecular formula is C17H13Cl2F6NO2. The van der Waals surface area contributed by atoms with Gasteiger partial charge in [0.2, 0.25) is 0 Å². The summed E-state index contributed by atoms with van der Waals surface area (Å²) < 4.78 is 80.3. The quantitative estimate of drug-likeness (QED) is 0.478. The van der Waals surface area contributed by atoms with E-state index in [1.807, 2.05) is 0 Å². The number of hydrogen-bond donors (Lipinski definition) is 1. The predicted octanol–water partition coefficient (Wildman–Crippen LogP) is 5.36. The van der Waals surface area contributed by atoms with Crippen molar-refractivity contribution in [3.63, 3.8) is 0 Å². The van der Waals surface area contributed by atoms with Gasteiger partial charge < -0.3 is 10.5 Å². The molecule has 0 aromatic heterocycles. The molecule has 0 saturated carbocycles. The first-order valence-electron chi connectivity index (χ1n) is 7.34. The van der Waals surface area contributed by atoms with Crippen molar-refractivity contribution in [3.8, 4) is 5.75 Å². The zero-order chi connectivity index (χ0) is 20.4. The molecule has 2 N–H and O–H groups in total. The van der Waals surface area contributed by atoms with Crippen molar-refractivity contribution in [3.05, 3.63) is 64.4 Å². The number of ketones is 1. The average molecular weight is 448 g/mol. The maximum atomic E-state index is 14.1. The second-order valence-electron chi connectivity index (χ2n) is 5.53. The molecular weight excluding hydrogens is 435 g/mol. The molecule has 0 heterocycles. The summed E-state index contributed by atoms with van der Waals surface area (Å²) in [6, 6.07) is 7.02. The van der Waals surface area contributed by atoms with Crippen LogP contribution in [-0.4, -0.2) is 24.5 Å². The van der Waals surface area contributed by atoms with Crippen molar-refractivity contribution in [1.29, 1.82) is 0 Å². The Morgan fingerprint density at radius 1 is 1.07 bits per heavy atom. The fourth-order valence-corrected chi connectivity index (χ4v) is 2.16. The van der Waals surface area contributed by atoms with E-state index in [4.69, 9.17) is 17.3 Å². The zero-order valence-electron chi connectivity index (χ0n) is 13.8. The van der Waals surface area contributed by atoms with Crippen LogP contribution in [-0.2, 0) is 0 Å². The molecule has 0 spiro atoms. The van der Waals surface area contributed by atoms with E-state index in [0.29, 0.717) is 16.7 Å². The fraction of sp³-hybridized carbons (Fsp3) is 0.235. The highest BCUT2D eigenvalue weighted by molar-refractivity contribution is 6.30. The highest BCUT2D eigenvalue weighted by atomic mass is 35.5. The van der Waals surface area contributed by atoms with Gasteiger partial charge in [-0.05, 0) is 29.8 Å². The maximum absolute atomic E-state index is 14.1. The van der Waals surface area contributed by atoms with Gasteiger partial charge in [0, 0.05) is 11.1 Å². The zero-order valence-corrected chi connectivity index (χ0v) is 15.3. The monoisotopic (exact) mass is 447 g/mol. The molecule has 0 fully saturated rings. The molecule has 28 heavy (non-hydrogen) atoms. The van der Waals surface area contributed by atoms with E-state index >= 15 is 0 Å². The van der Waals surface area contributed by atoms with Crippen LogP contribution in [0, 0.1) is 5.82 Å². The molecule has 0 aliphatic rings. The third-order valence-corrected chi connectivity index (χ3v) is 3.80. The van der Waals surface area contributed by atoms with Crippen LogP contribution in [0.4, 0.5) is 26.3 Å². The highest BCUT2D eigenvalue weighted by Crippen LogP contribution is 2.36. The van der Waals surface area contributed by atoms with Crippen molar-refractivity contribution >= 4 is 29.8 Å². The van der Waals surface area contributed by atoms with Crippen LogP contribution in [0.2, 0.25) is 5.02 Å². The van der Waals surface area contributed by atoms with Gasteiger partial charge in [-0.2, -0.15) is 22.0 Å². The predicted molar refractivity (Wildman–Crippen MR) is 92.9 cm³/mol. The Kier molecular flexibility index (Phi) is 7.75. The van der Waals surface area contributed by atoms with Gasteiger partial charge in [-0.25, -0.2) is 4.39 Å². The van der Waals surface area contributed by atoms with E-state index < -0.39 is 47.7 Å². The Morgan fingerprint density at radius 2 is 1.64 bits per heavy atom. The summed E-state index contributed by atoms with van der Waals surface area (Å²) in [5, 5.41) is 0.404. The standard InChI is InChI=1S/C17H12ClF6NO2.ClH/c18-10-3-1-9(2-4-10)14(25)15(26)12-6-5-11(7-13(12)19)27-8-16(20,21)17(22,23)24;/h1-7,14H,8,25H2;1H. The number of ether oxygens (including phenoxy) is 1. The van der Waals surface area contributed by atoms with Gasteiger partial charge in [0.25, 0.3) is 0 Å². The van der Waals surface area contributed by atoms with Crippen LogP contribution in [0.5, 0.6) is 5.75 Å². The molecule has 154 valence electrons. The lowest BCUT2D eigenvalue weighted by Crippen LogP contribution is -2.41. The SMILES string of the molecule is Cl.NC(C(=O)c1ccc(OCC(F)(F)C(F)(F)F)cc1F)c1ccc(Cl)cc1. The van der Waals surface area contributed by atoms with E-state index in [9.17, 15) is 31.1 Å². The molecule has 2 rings (SSSR count). The van der Waals surface area contributed by atoms with Crippen LogP contribution in [0.15, 0.2) is 42.5 Å². The number of carbonyl (C=O) groups is 1. The third kappa shape index (κ3) is 5.52. The van der Waals surface area contributed by atoms with Crippen LogP contribution < -0.4 is 10.5 Å². The van der Waals surface area contributed by atoms with Gasteiger partial charge in [-0.3, -0.25) is 4.79 Å². The van der Waals surface area contributed by atoms with Gasteiger partial charge in [0.1, 0.15) is 11.6 Å². The summed E-state index contributed by atoms with van der Waals surface area (Å²) in [5.41, 5.74) is 5.67. The van der Waals surface area contributed by atoms with Crippen LogP contribution in [0.1, 0.15) is 22.0 Å². The Bertz CT molecular complexity index is 827. The van der Waals surface area contributed by atoms with Crippen LogP contribution in [0.25, 0.3) is 0 Å². The highest BCUT2D eigenvalue weighted by Gasteiger charge is 2.58. The first kappa shape index (κ1) is 24.1. The fourth-order valence-electron chi connectivity index (χ4n) is 2.03. The molecule has 0 aliphatic heterocycles. The number of halogens is 8. The van der Waals surface area contributed by atoms with Crippen molar-refractivity contribution in [2.45, 2.75) is 18.1 Å². The lowest BCUT2D eigenvalue weighted by Gasteiger charge is -2.20. The molecule has 1 atom stereocenters. The lowest BCUT2D eigenvalue weighted by atomic mass is 9.98. The van der Waals surface area contributed by atoms with Crippen molar-refractivity contribution in [1.82, 2.24) is 0 Å². The minimum Gasteiger partial charge on any atom is -0.487 e. The van der Waals surface area contributed by atoms with E-state index in [0.717, 1.165) is 12.1 Å². The summed E-state index contributed by atoms with van der Waals surface area (Å²) in [4.78, 5) is 12.3. The number of carbonyl (C=O) groups excluding carboxylic acids is 1. The smallest absolute Gasteiger partial charge is 0.456 e. The van der Waals surface area contributed by atoms with Gasteiger partial charge in [-0.15, -0.1) is 12.4 Å². The van der Waals surface area contributed by atoms with Crippen LogP contribution >= 0.6 is 24.0 Å². The largest absolute Gasteiger partial charge is 0.487 e. The molecule has 1 unspecified atom stereocenters. The first-order chi connectivity index (χ1) is 12.4. The van der Waals surface area contributed by atoms with Gasteiger partial charge in [0.05, 0.1) is 11.6 Å². The topological polar surface area (TPSA) is 52.3 Å². The van der Waals surface area contributed by atoms with Crippen molar-refractivity contribution < 1.29 is 35.9 Å². The molecule has 0 saturated heterocycles. The Balaban J connectivity index is 0.00000392. The van der Waals surface area contributed by atoms with Gasteiger partial charge in [-0.1, -0.05) is 23.7 Å². The molecule has 0 bridgehead atoms. The summed E-state index contributed by atoms with van der Waals surface area (Å²) in [7, 11) is 0. The van der Waals surface area contributed by atoms with E-state index in [1.54, 1.807) is 0 Å². The van der Waals surface area contributed by atoms with Crippen molar-refractivity contribution in [2.24, 2.45) is 5.73 Å². The Labute approximate surface area is 166 Å². The maximum Gasteiger partial charge on any atom is 0.456 e. The third-order valence-electron chi connectivity index (χ3n) is 3.55. The molecule has 11 heteroatoms. The van der Waals surface area contributed by atoms with Crippen molar-refractivity contribution in [2.75, 3.05) is 6.61 Å². The van der Waals surface area contributed by atoms with E-state index in [-0.39, 0.29) is 12.4 Å². The number of nitrogens with two attached hydrogens (primary N) is 1. The number of alkyl halides is 5. The number of benzene rings is 2. The number of rotatable bonds is 6. The molecule has 2 aromatic rings. The summed E-state index contributed by atoms with van der Waals surface area (Å²) >= 11 is 5.72. The normalized spacial score (nSPS) is 12.9. The number of hydrogen-bond acceptors (Lipinski definition) is 3. The Hall–Kier alpha value is -1.97. The lowest BCUT2D eigenvalue weighted by molar-refractivity contribution is -0.290. The molecule has 0 aliphatic carbocycles. The second kappa shape index (κ2) is 9.02. The van der Waals surface area contributed by atoms with E-state index in [2.05, 4.69) is 4.74 Å². The molecule has 3 nitrogen and oxygen atoms in total.